The van der Waals surface area contributed by atoms with Crippen molar-refractivity contribution < 1.29 is 14.2 Å². The lowest BCUT2D eigenvalue weighted by Gasteiger charge is -2.11. The first-order valence-corrected chi connectivity index (χ1v) is 6.78. The van der Waals surface area contributed by atoms with Crippen LogP contribution >= 0.6 is 0 Å². The number of nitrogens with zero attached hydrogens (tertiary/aromatic N) is 2. The number of hydrogen-bond acceptors (Lipinski definition) is 4. The van der Waals surface area contributed by atoms with Gasteiger partial charge in [0.15, 0.2) is 0 Å². The Hall–Kier alpha value is -2.08. The van der Waals surface area contributed by atoms with E-state index in [1.165, 1.54) is 12.1 Å². The van der Waals surface area contributed by atoms with Gasteiger partial charge in [0.25, 0.3) is 0 Å². The van der Waals surface area contributed by atoms with E-state index in [1.807, 2.05) is 13.8 Å². The summed E-state index contributed by atoms with van der Waals surface area (Å²) in [5, 5.41) is 16.6. The number of ether oxygens (including phenoxy) is 1. The number of benzene rings is 1. The Morgan fingerprint density at radius 1 is 1.38 bits per heavy atom. The van der Waals surface area contributed by atoms with Crippen LogP contribution in [0.2, 0.25) is 0 Å². The van der Waals surface area contributed by atoms with E-state index < -0.39 is 0 Å². The van der Waals surface area contributed by atoms with Gasteiger partial charge in [-0.3, -0.25) is 4.68 Å². The van der Waals surface area contributed by atoms with Gasteiger partial charge in [-0.05, 0) is 26.0 Å². The Labute approximate surface area is 123 Å². The molecule has 2 N–H and O–H groups in total. The molecular weight excluding hydrogens is 273 g/mol. The number of anilines is 1. The van der Waals surface area contributed by atoms with Gasteiger partial charge in [-0.1, -0.05) is 0 Å². The fourth-order valence-corrected chi connectivity index (χ4v) is 2.30. The fourth-order valence-electron chi connectivity index (χ4n) is 2.30. The average Bonchev–Trinajstić information content (AvgIpc) is 2.72. The SMILES string of the molecule is COc1ccc(F)cc1NCc1c(C)nn(CCO)c1C. The Bertz CT molecular complexity index is 626. The number of hydrogen-bond donors (Lipinski definition) is 2. The molecule has 0 aliphatic heterocycles. The van der Waals surface area contributed by atoms with Crippen molar-refractivity contribution in [1.82, 2.24) is 9.78 Å². The van der Waals surface area contributed by atoms with Crippen LogP contribution in [0.5, 0.6) is 5.75 Å². The summed E-state index contributed by atoms with van der Waals surface area (Å²) in [5.41, 5.74) is 3.52. The first-order valence-electron chi connectivity index (χ1n) is 6.78. The number of halogens is 1. The van der Waals surface area contributed by atoms with Crippen molar-refractivity contribution in [2.75, 3.05) is 19.0 Å². The van der Waals surface area contributed by atoms with Gasteiger partial charge >= 0.3 is 0 Å². The molecule has 0 aliphatic rings. The van der Waals surface area contributed by atoms with Crippen LogP contribution in [0.4, 0.5) is 10.1 Å². The van der Waals surface area contributed by atoms with Gasteiger partial charge in [-0.25, -0.2) is 4.39 Å². The number of nitrogens with one attached hydrogen (secondary N) is 1. The first-order chi connectivity index (χ1) is 10.1. The largest absolute Gasteiger partial charge is 0.495 e. The summed E-state index contributed by atoms with van der Waals surface area (Å²) in [6.07, 6.45) is 0. The summed E-state index contributed by atoms with van der Waals surface area (Å²) in [4.78, 5) is 0. The molecule has 0 bridgehead atoms. The van der Waals surface area contributed by atoms with E-state index in [2.05, 4.69) is 10.4 Å². The molecule has 6 heteroatoms. The zero-order valence-corrected chi connectivity index (χ0v) is 12.5. The lowest BCUT2D eigenvalue weighted by molar-refractivity contribution is 0.268. The van der Waals surface area contributed by atoms with E-state index in [0.717, 1.165) is 17.0 Å². The third kappa shape index (κ3) is 3.33. The Balaban J connectivity index is 2.18. The van der Waals surface area contributed by atoms with Crippen LogP contribution in [0.3, 0.4) is 0 Å². The summed E-state index contributed by atoms with van der Waals surface area (Å²) in [5.74, 6) is 0.275. The normalized spacial score (nSPS) is 10.7. The first kappa shape index (κ1) is 15.3. The quantitative estimate of drug-likeness (QED) is 0.857. The molecule has 114 valence electrons. The average molecular weight is 293 g/mol. The molecular formula is C15H20FN3O2. The summed E-state index contributed by atoms with van der Waals surface area (Å²) in [6.45, 7) is 4.90. The molecule has 0 unspecified atom stereocenters. The van der Waals surface area contributed by atoms with Crippen molar-refractivity contribution in [3.63, 3.8) is 0 Å². The summed E-state index contributed by atoms with van der Waals surface area (Å²) >= 11 is 0. The minimum absolute atomic E-state index is 0.0482. The zero-order chi connectivity index (χ0) is 15.4. The van der Waals surface area contributed by atoms with Gasteiger partial charge < -0.3 is 15.2 Å². The number of aromatic nitrogens is 2. The minimum Gasteiger partial charge on any atom is -0.495 e. The topological polar surface area (TPSA) is 59.3 Å². The van der Waals surface area contributed by atoms with E-state index in [1.54, 1.807) is 17.9 Å². The minimum atomic E-state index is -0.317. The van der Waals surface area contributed by atoms with Crippen LogP contribution in [0.25, 0.3) is 0 Å². The van der Waals surface area contributed by atoms with Crippen LogP contribution in [-0.2, 0) is 13.1 Å². The van der Waals surface area contributed by atoms with Crippen molar-refractivity contribution in [2.45, 2.75) is 26.9 Å². The van der Waals surface area contributed by atoms with Crippen molar-refractivity contribution in [3.8, 4) is 5.75 Å². The van der Waals surface area contributed by atoms with Gasteiger partial charge in [0.05, 0.1) is 31.6 Å². The Morgan fingerprint density at radius 2 is 2.14 bits per heavy atom. The van der Waals surface area contributed by atoms with Crippen molar-refractivity contribution in [1.29, 1.82) is 0 Å². The van der Waals surface area contributed by atoms with Crippen molar-refractivity contribution >= 4 is 5.69 Å². The predicted octanol–water partition coefficient (Wildman–Crippen LogP) is 2.25. The second kappa shape index (κ2) is 6.58. The molecule has 5 nitrogen and oxygen atoms in total. The lowest BCUT2D eigenvalue weighted by Crippen LogP contribution is -2.07. The second-order valence-corrected chi connectivity index (χ2v) is 4.79. The molecule has 2 rings (SSSR count). The molecule has 0 atom stereocenters. The van der Waals surface area contributed by atoms with Crippen LogP contribution in [0, 0.1) is 19.7 Å². The summed E-state index contributed by atoms with van der Waals surface area (Å²) in [6, 6.07) is 4.36. The van der Waals surface area contributed by atoms with Gasteiger partial charge in [0.2, 0.25) is 0 Å². The molecule has 0 aliphatic carbocycles. The maximum atomic E-state index is 13.3. The molecule has 0 fully saturated rings. The Morgan fingerprint density at radius 3 is 2.81 bits per heavy atom. The van der Waals surface area contributed by atoms with Crippen LogP contribution in [0.15, 0.2) is 18.2 Å². The van der Waals surface area contributed by atoms with Crippen LogP contribution < -0.4 is 10.1 Å². The molecule has 0 amide bonds. The third-order valence-electron chi connectivity index (χ3n) is 3.46. The fraction of sp³-hybridized carbons (Fsp3) is 0.400. The molecule has 2 aromatic rings. The maximum Gasteiger partial charge on any atom is 0.142 e. The monoisotopic (exact) mass is 293 g/mol. The highest BCUT2D eigenvalue weighted by molar-refractivity contribution is 5.56. The molecule has 0 spiro atoms. The van der Waals surface area contributed by atoms with Gasteiger partial charge in [-0.15, -0.1) is 0 Å². The third-order valence-corrected chi connectivity index (χ3v) is 3.46. The maximum absolute atomic E-state index is 13.3. The van der Waals surface area contributed by atoms with E-state index in [0.29, 0.717) is 24.5 Å². The second-order valence-electron chi connectivity index (χ2n) is 4.79. The van der Waals surface area contributed by atoms with Crippen molar-refractivity contribution in [2.24, 2.45) is 0 Å². The molecule has 1 heterocycles. The molecule has 0 saturated carbocycles. The molecule has 0 radical (unpaired) electrons. The smallest absolute Gasteiger partial charge is 0.142 e. The highest BCUT2D eigenvalue weighted by atomic mass is 19.1. The predicted molar refractivity (Wildman–Crippen MR) is 79.1 cm³/mol. The molecule has 21 heavy (non-hydrogen) atoms. The number of rotatable bonds is 6. The summed E-state index contributed by atoms with van der Waals surface area (Å²) in [7, 11) is 1.55. The lowest BCUT2D eigenvalue weighted by atomic mass is 10.2. The van der Waals surface area contributed by atoms with E-state index in [9.17, 15) is 4.39 Å². The molecule has 0 saturated heterocycles. The number of aliphatic hydroxyl groups excluding tert-OH is 1. The summed E-state index contributed by atoms with van der Waals surface area (Å²) < 4.78 is 20.3. The van der Waals surface area contributed by atoms with E-state index in [-0.39, 0.29) is 12.4 Å². The van der Waals surface area contributed by atoms with Gasteiger partial charge in [0.1, 0.15) is 11.6 Å². The standard InChI is InChI=1S/C15H20FN3O2/c1-10-13(11(2)19(18-10)6-7-20)9-17-14-8-12(16)4-5-15(14)21-3/h4-5,8,17,20H,6-7,9H2,1-3H3. The van der Waals surface area contributed by atoms with E-state index in [4.69, 9.17) is 9.84 Å². The Kier molecular flexibility index (Phi) is 4.80. The number of methoxy groups -OCH3 is 1. The molecule has 1 aromatic heterocycles. The van der Waals surface area contributed by atoms with Crippen molar-refractivity contribution in [3.05, 3.63) is 41.0 Å². The van der Waals surface area contributed by atoms with Crippen LogP contribution in [0.1, 0.15) is 17.0 Å². The van der Waals surface area contributed by atoms with E-state index >= 15 is 0 Å². The zero-order valence-electron chi connectivity index (χ0n) is 12.5. The van der Waals surface area contributed by atoms with Crippen LogP contribution in [-0.4, -0.2) is 28.6 Å². The number of aliphatic hydroxyl groups is 1. The number of aryl methyl sites for hydroxylation is 1. The van der Waals surface area contributed by atoms with Gasteiger partial charge in [-0.2, -0.15) is 5.10 Å². The highest BCUT2D eigenvalue weighted by Crippen LogP contribution is 2.26. The highest BCUT2D eigenvalue weighted by Gasteiger charge is 2.12. The van der Waals surface area contributed by atoms with Gasteiger partial charge in [0, 0.05) is 23.9 Å². The molecule has 1 aromatic carbocycles.